The van der Waals surface area contributed by atoms with E-state index in [4.69, 9.17) is 9.47 Å². The fraction of sp³-hybridized carbons (Fsp3) is 0.600. The van der Waals surface area contributed by atoms with Crippen LogP contribution in [0.3, 0.4) is 0 Å². The monoisotopic (exact) mass is 426 g/mol. The van der Waals surface area contributed by atoms with Crippen LogP contribution in [0.15, 0.2) is 29.8 Å². The van der Waals surface area contributed by atoms with Gasteiger partial charge in [-0.1, -0.05) is 35.9 Å². The lowest BCUT2D eigenvalue weighted by atomic mass is 10.1. The maximum atomic E-state index is 13.5. The zero-order chi connectivity index (χ0) is 21.8. The highest BCUT2D eigenvalue weighted by molar-refractivity contribution is 5.90. The molecule has 2 saturated heterocycles. The first-order valence-corrected chi connectivity index (χ1v) is 11.7. The van der Waals surface area contributed by atoms with E-state index in [2.05, 4.69) is 18.2 Å². The molecule has 1 aromatic rings. The van der Waals surface area contributed by atoms with Gasteiger partial charge in [0.1, 0.15) is 6.04 Å². The smallest absolute Gasteiger partial charge is 0.245 e. The molecule has 1 aliphatic carbocycles. The molecule has 0 unspecified atom stereocenters. The largest absolute Gasteiger partial charge is 0.351 e. The number of amides is 2. The summed E-state index contributed by atoms with van der Waals surface area (Å²) in [5, 5.41) is 0. The lowest BCUT2D eigenvalue weighted by Gasteiger charge is -2.34. The minimum absolute atomic E-state index is 0.0569. The van der Waals surface area contributed by atoms with Crippen molar-refractivity contribution in [3.63, 3.8) is 0 Å². The van der Waals surface area contributed by atoms with E-state index < -0.39 is 6.29 Å². The van der Waals surface area contributed by atoms with Crippen molar-refractivity contribution in [2.24, 2.45) is 0 Å². The number of hydrogen-bond acceptors (Lipinski definition) is 4. The van der Waals surface area contributed by atoms with Crippen molar-refractivity contribution in [2.75, 3.05) is 26.3 Å². The molecule has 3 aliphatic rings. The lowest BCUT2D eigenvalue weighted by Crippen LogP contribution is -2.52. The van der Waals surface area contributed by atoms with Crippen LogP contribution in [0.5, 0.6) is 0 Å². The average Bonchev–Trinajstić information content (AvgIpc) is 3.51. The van der Waals surface area contributed by atoms with Crippen molar-refractivity contribution in [1.29, 1.82) is 0 Å². The summed E-state index contributed by atoms with van der Waals surface area (Å²) in [5.41, 5.74) is 3.62. The summed E-state index contributed by atoms with van der Waals surface area (Å²) >= 11 is 0. The number of carbonyl (C=O) groups is 2. The van der Waals surface area contributed by atoms with E-state index in [-0.39, 0.29) is 23.9 Å². The Kier molecular flexibility index (Phi) is 7.08. The molecule has 2 atom stereocenters. The number of fused-ring (bicyclic) bond motifs is 1. The molecule has 6 nitrogen and oxygen atoms in total. The Labute approximate surface area is 185 Å². The standard InChI is InChI=1S/C25H34N2O4/c1-3-30-25(31-4-2)22-12-8-14-27(22)24(29)21-11-7-13-26(21)23(28)17-18-15-19-9-5-6-10-20(19)16-18/h5-6,9-10,15,21-22,25H,3-4,7-8,11-14,16-17H2,1-2H3/t21-,22-/m0/s1. The van der Waals surface area contributed by atoms with Crippen molar-refractivity contribution in [1.82, 2.24) is 9.80 Å². The van der Waals surface area contributed by atoms with Gasteiger partial charge >= 0.3 is 0 Å². The van der Waals surface area contributed by atoms with E-state index in [0.29, 0.717) is 32.7 Å². The van der Waals surface area contributed by atoms with Gasteiger partial charge in [-0.05, 0) is 57.1 Å². The lowest BCUT2D eigenvalue weighted by molar-refractivity contribution is -0.177. The van der Waals surface area contributed by atoms with Crippen LogP contribution in [0, 0.1) is 0 Å². The first kappa shape index (κ1) is 22.0. The molecule has 2 heterocycles. The molecule has 2 amide bonds. The van der Waals surface area contributed by atoms with Crippen LogP contribution in [0.25, 0.3) is 6.08 Å². The molecule has 0 bridgehead atoms. The van der Waals surface area contributed by atoms with Crippen LogP contribution in [-0.2, 0) is 25.5 Å². The van der Waals surface area contributed by atoms with E-state index in [1.165, 1.54) is 11.1 Å². The number of ether oxygens (including phenoxy) is 2. The van der Waals surface area contributed by atoms with Crippen LogP contribution in [0.2, 0.25) is 0 Å². The van der Waals surface area contributed by atoms with E-state index in [9.17, 15) is 9.59 Å². The Bertz CT molecular complexity index is 831. The minimum atomic E-state index is -0.394. The third-order valence-electron chi connectivity index (χ3n) is 6.63. The van der Waals surface area contributed by atoms with Gasteiger partial charge < -0.3 is 19.3 Å². The molecule has 0 radical (unpaired) electrons. The second-order valence-corrected chi connectivity index (χ2v) is 8.62. The molecule has 4 rings (SSSR count). The molecule has 0 saturated carbocycles. The van der Waals surface area contributed by atoms with Gasteiger partial charge in [0, 0.05) is 32.7 Å². The molecule has 2 aliphatic heterocycles. The molecular formula is C25H34N2O4. The van der Waals surface area contributed by atoms with Crippen molar-refractivity contribution in [3.05, 3.63) is 41.0 Å². The van der Waals surface area contributed by atoms with Crippen LogP contribution < -0.4 is 0 Å². The van der Waals surface area contributed by atoms with Gasteiger partial charge in [-0.15, -0.1) is 0 Å². The van der Waals surface area contributed by atoms with Gasteiger partial charge in [-0.3, -0.25) is 9.59 Å². The predicted octanol–water partition coefficient (Wildman–Crippen LogP) is 3.40. The quantitative estimate of drug-likeness (QED) is 0.598. The van der Waals surface area contributed by atoms with Gasteiger partial charge in [0.15, 0.2) is 6.29 Å². The molecule has 0 N–H and O–H groups in total. The Hall–Kier alpha value is -2.18. The number of likely N-dealkylation sites (tertiary alicyclic amines) is 2. The number of hydrogen-bond donors (Lipinski definition) is 0. The highest BCUT2D eigenvalue weighted by atomic mass is 16.7. The van der Waals surface area contributed by atoms with Crippen LogP contribution in [0.1, 0.15) is 57.1 Å². The maximum Gasteiger partial charge on any atom is 0.245 e. The molecule has 0 aromatic heterocycles. The molecule has 168 valence electrons. The Morgan fingerprint density at radius 3 is 2.48 bits per heavy atom. The Balaban J connectivity index is 1.41. The minimum Gasteiger partial charge on any atom is -0.351 e. The summed E-state index contributed by atoms with van der Waals surface area (Å²) in [6, 6.07) is 7.84. The normalized spacial score (nSPS) is 22.9. The fourth-order valence-electron chi connectivity index (χ4n) is 5.22. The van der Waals surface area contributed by atoms with E-state index in [1.807, 2.05) is 35.8 Å². The van der Waals surface area contributed by atoms with Gasteiger partial charge in [-0.25, -0.2) is 0 Å². The van der Waals surface area contributed by atoms with Crippen molar-refractivity contribution >= 4 is 17.9 Å². The van der Waals surface area contributed by atoms with Crippen molar-refractivity contribution < 1.29 is 19.1 Å². The van der Waals surface area contributed by atoms with Crippen LogP contribution >= 0.6 is 0 Å². The summed E-state index contributed by atoms with van der Waals surface area (Å²) in [6.07, 6.45) is 6.39. The number of rotatable bonds is 8. The summed E-state index contributed by atoms with van der Waals surface area (Å²) in [7, 11) is 0. The number of nitrogens with zero attached hydrogens (tertiary/aromatic N) is 2. The zero-order valence-electron chi connectivity index (χ0n) is 18.7. The SMILES string of the molecule is CCOC(OCC)[C@@H]1CCCN1C(=O)[C@@H]1CCCN1C(=O)CC1=Cc2ccccc2C1. The summed E-state index contributed by atoms with van der Waals surface area (Å²) in [6.45, 7) is 6.36. The third kappa shape index (κ3) is 4.70. The van der Waals surface area contributed by atoms with E-state index in [1.54, 1.807) is 0 Å². The second-order valence-electron chi connectivity index (χ2n) is 8.62. The first-order chi connectivity index (χ1) is 15.1. The number of carbonyl (C=O) groups excluding carboxylic acids is 2. The fourth-order valence-corrected chi connectivity index (χ4v) is 5.22. The molecule has 0 spiro atoms. The van der Waals surface area contributed by atoms with Gasteiger partial charge in [0.2, 0.25) is 11.8 Å². The maximum absolute atomic E-state index is 13.5. The summed E-state index contributed by atoms with van der Waals surface area (Å²) < 4.78 is 11.6. The highest BCUT2D eigenvalue weighted by Gasteiger charge is 2.42. The highest BCUT2D eigenvalue weighted by Crippen LogP contribution is 2.30. The van der Waals surface area contributed by atoms with Crippen molar-refractivity contribution in [3.8, 4) is 0 Å². The average molecular weight is 427 g/mol. The molecule has 6 heteroatoms. The first-order valence-electron chi connectivity index (χ1n) is 11.7. The zero-order valence-corrected chi connectivity index (χ0v) is 18.7. The molecule has 2 fully saturated rings. The van der Waals surface area contributed by atoms with Gasteiger partial charge in [0.25, 0.3) is 0 Å². The van der Waals surface area contributed by atoms with Gasteiger partial charge in [-0.2, -0.15) is 0 Å². The summed E-state index contributed by atoms with van der Waals surface area (Å²) in [5.74, 6) is 0.123. The molecule has 31 heavy (non-hydrogen) atoms. The van der Waals surface area contributed by atoms with Gasteiger partial charge in [0.05, 0.1) is 6.04 Å². The van der Waals surface area contributed by atoms with E-state index in [0.717, 1.165) is 37.7 Å². The summed E-state index contributed by atoms with van der Waals surface area (Å²) in [4.78, 5) is 30.4. The molecular weight excluding hydrogens is 392 g/mol. The van der Waals surface area contributed by atoms with Crippen molar-refractivity contribution in [2.45, 2.75) is 70.7 Å². The van der Waals surface area contributed by atoms with Crippen LogP contribution in [-0.4, -0.2) is 66.3 Å². The van der Waals surface area contributed by atoms with E-state index >= 15 is 0 Å². The predicted molar refractivity (Wildman–Crippen MR) is 119 cm³/mol. The molecule has 1 aromatic carbocycles. The Morgan fingerprint density at radius 1 is 1.03 bits per heavy atom. The third-order valence-corrected chi connectivity index (χ3v) is 6.63. The van der Waals surface area contributed by atoms with Crippen LogP contribution in [0.4, 0.5) is 0 Å². The number of benzene rings is 1. The second kappa shape index (κ2) is 9.96. The Morgan fingerprint density at radius 2 is 1.74 bits per heavy atom. The topological polar surface area (TPSA) is 59.1 Å².